The second-order valence-corrected chi connectivity index (χ2v) is 7.88. The molecule has 1 aromatic carbocycles. The van der Waals surface area contributed by atoms with Gasteiger partial charge in [0, 0.05) is 5.56 Å². The molecule has 7 heteroatoms. The summed E-state index contributed by atoms with van der Waals surface area (Å²) in [6.07, 6.45) is 0. The Morgan fingerprint density at radius 1 is 1.33 bits per heavy atom. The molecule has 2 amide bonds. The number of hydrogen-bond donors (Lipinski definition) is 1. The van der Waals surface area contributed by atoms with Crippen LogP contribution in [-0.4, -0.2) is 66.6 Å². The average Bonchev–Trinajstić information content (AvgIpc) is 2.84. The second-order valence-electron chi connectivity index (χ2n) is 6.46. The lowest BCUT2D eigenvalue weighted by Gasteiger charge is -2.32. The fourth-order valence-corrected chi connectivity index (χ4v) is 4.44. The van der Waals surface area contributed by atoms with Gasteiger partial charge in [-0.05, 0) is 13.0 Å². The molecule has 0 saturated carbocycles. The number of halogens is 1. The molecule has 2 atom stereocenters. The number of piperazine rings is 1. The van der Waals surface area contributed by atoms with E-state index >= 15 is 0 Å². The summed E-state index contributed by atoms with van der Waals surface area (Å²) in [4.78, 5) is 29.8. The second kappa shape index (κ2) is 7.11. The van der Waals surface area contributed by atoms with Gasteiger partial charge in [0.25, 0.3) is 0 Å². The number of carbonyl (C=O) groups is 2. The molecule has 2 aliphatic rings. The average molecular weight is 352 g/mol. The maximum Gasteiger partial charge on any atom is 0.242 e. The minimum atomic E-state index is -0.435. The molecular formula is C17H23FN3O2S+. The van der Waals surface area contributed by atoms with Crippen molar-refractivity contribution in [1.82, 2.24) is 9.80 Å². The predicted octanol–water partition coefficient (Wildman–Crippen LogP) is 0.145. The normalized spacial score (nSPS) is 25.4. The quantitative estimate of drug-likeness (QED) is 0.842. The van der Waals surface area contributed by atoms with Gasteiger partial charge in [0.15, 0.2) is 0 Å². The summed E-state index contributed by atoms with van der Waals surface area (Å²) in [6.45, 7) is 5.08. The number of hydrogen-bond acceptors (Lipinski definition) is 3. The molecule has 1 aromatic rings. The van der Waals surface area contributed by atoms with Crippen molar-refractivity contribution in [2.24, 2.45) is 0 Å². The minimum absolute atomic E-state index is 0.0220. The Morgan fingerprint density at radius 3 is 2.67 bits per heavy atom. The van der Waals surface area contributed by atoms with Crippen molar-refractivity contribution in [1.29, 1.82) is 0 Å². The lowest BCUT2D eigenvalue weighted by atomic mass is 10.2. The van der Waals surface area contributed by atoms with E-state index in [1.54, 1.807) is 18.2 Å². The molecular weight excluding hydrogens is 329 g/mol. The largest absolute Gasteiger partial charge is 0.334 e. The maximum absolute atomic E-state index is 14.2. The van der Waals surface area contributed by atoms with Crippen LogP contribution in [0, 0.1) is 5.82 Å². The molecule has 2 heterocycles. The van der Waals surface area contributed by atoms with Gasteiger partial charge in [0.1, 0.15) is 17.7 Å². The van der Waals surface area contributed by atoms with E-state index < -0.39 is 5.37 Å². The van der Waals surface area contributed by atoms with E-state index in [0.29, 0.717) is 18.7 Å². The van der Waals surface area contributed by atoms with Gasteiger partial charge in [-0.3, -0.25) is 9.59 Å². The highest BCUT2D eigenvalue weighted by molar-refractivity contribution is 8.01. The van der Waals surface area contributed by atoms with Gasteiger partial charge in [-0.2, -0.15) is 0 Å². The highest BCUT2D eigenvalue weighted by Crippen LogP contribution is 2.43. The Kier molecular flexibility index (Phi) is 5.10. The van der Waals surface area contributed by atoms with Crippen LogP contribution in [0.25, 0.3) is 0 Å². The number of nitrogens with zero attached hydrogens (tertiary/aromatic N) is 2. The zero-order chi connectivity index (χ0) is 17.3. The first-order valence-corrected chi connectivity index (χ1v) is 9.21. The summed E-state index contributed by atoms with van der Waals surface area (Å²) in [6, 6.07) is 6.48. The van der Waals surface area contributed by atoms with Crippen molar-refractivity contribution >= 4 is 23.6 Å². The number of likely N-dealkylation sites (N-methyl/N-ethyl adjacent to an activating group) is 1. The molecule has 2 saturated heterocycles. The van der Waals surface area contributed by atoms with E-state index in [1.807, 2.05) is 11.8 Å². The molecule has 2 fully saturated rings. The maximum atomic E-state index is 14.2. The van der Waals surface area contributed by atoms with Crippen molar-refractivity contribution in [3.63, 3.8) is 0 Å². The number of quaternary nitrogens is 1. The summed E-state index contributed by atoms with van der Waals surface area (Å²) in [7, 11) is 2.11. The van der Waals surface area contributed by atoms with Crippen LogP contribution in [0.2, 0.25) is 0 Å². The first-order valence-electron chi connectivity index (χ1n) is 8.27. The Labute approximate surface area is 145 Å². The van der Waals surface area contributed by atoms with E-state index in [0.717, 1.165) is 13.1 Å². The van der Waals surface area contributed by atoms with Gasteiger partial charge in [-0.1, -0.05) is 18.2 Å². The van der Waals surface area contributed by atoms with Gasteiger partial charge in [0.2, 0.25) is 11.8 Å². The predicted molar refractivity (Wildman–Crippen MR) is 91.1 cm³/mol. The number of carbonyl (C=O) groups excluding carboxylic acids is 2. The van der Waals surface area contributed by atoms with Crippen molar-refractivity contribution in [3.05, 3.63) is 35.6 Å². The molecule has 0 aromatic heterocycles. The zero-order valence-electron chi connectivity index (χ0n) is 14.0. The monoisotopic (exact) mass is 352 g/mol. The van der Waals surface area contributed by atoms with Crippen LogP contribution >= 0.6 is 11.8 Å². The Hall–Kier alpha value is -1.60. The first kappa shape index (κ1) is 17.2. The lowest BCUT2D eigenvalue weighted by Crippen LogP contribution is -3.12. The molecule has 130 valence electrons. The Morgan fingerprint density at radius 2 is 2.00 bits per heavy atom. The summed E-state index contributed by atoms with van der Waals surface area (Å²) in [5.41, 5.74) is 0.468. The fourth-order valence-electron chi connectivity index (χ4n) is 3.14. The molecule has 24 heavy (non-hydrogen) atoms. The van der Waals surface area contributed by atoms with Crippen molar-refractivity contribution < 1.29 is 18.9 Å². The molecule has 5 nitrogen and oxygen atoms in total. The van der Waals surface area contributed by atoms with Crippen LogP contribution in [-0.2, 0) is 9.59 Å². The van der Waals surface area contributed by atoms with Gasteiger partial charge < -0.3 is 14.7 Å². The lowest BCUT2D eigenvalue weighted by molar-refractivity contribution is -0.883. The Bertz CT molecular complexity index is 634. The van der Waals surface area contributed by atoms with E-state index in [4.69, 9.17) is 0 Å². The van der Waals surface area contributed by atoms with Crippen molar-refractivity contribution in [2.45, 2.75) is 17.5 Å². The molecule has 0 radical (unpaired) electrons. The van der Waals surface area contributed by atoms with Crippen molar-refractivity contribution in [2.75, 3.05) is 39.8 Å². The highest BCUT2D eigenvalue weighted by atomic mass is 32.2. The van der Waals surface area contributed by atoms with E-state index in [2.05, 4.69) is 7.05 Å². The van der Waals surface area contributed by atoms with Crippen molar-refractivity contribution in [3.8, 4) is 0 Å². The van der Waals surface area contributed by atoms with Crippen LogP contribution in [0.5, 0.6) is 0 Å². The molecule has 2 aliphatic heterocycles. The molecule has 3 rings (SSSR count). The number of benzene rings is 1. The zero-order valence-corrected chi connectivity index (χ0v) is 14.8. The molecule has 0 aliphatic carbocycles. The topological polar surface area (TPSA) is 45.1 Å². The minimum Gasteiger partial charge on any atom is -0.334 e. The smallest absolute Gasteiger partial charge is 0.242 e. The van der Waals surface area contributed by atoms with Gasteiger partial charge in [-0.15, -0.1) is 11.8 Å². The molecule has 1 N–H and O–H groups in total. The Balaban J connectivity index is 1.75. The third-order valence-corrected chi connectivity index (χ3v) is 6.07. The van der Waals surface area contributed by atoms with E-state index in [1.165, 1.54) is 27.6 Å². The van der Waals surface area contributed by atoms with E-state index in [9.17, 15) is 14.0 Å². The van der Waals surface area contributed by atoms with Crippen LogP contribution in [0.15, 0.2) is 24.3 Å². The fraction of sp³-hybridized carbons (Fsp3) is 0.529. The molecule has 0 spiro atoms. The number of nitrogens with one attached hydrogen (secondary N) is 1. The number of amides is 2. The third kappa shape index (κ3) is 3.42. The van der Waals surface area contributed by atoms with Gasteiger partial charge in [0.05, 0.1) is 38.5 Å². The van der Waals surface area contributed by atoms with Gasteiger partial charge >= 0.3 is 0 Å². The molecule has 0 unspecified atom stereocenters. The standard InChI is InChI=1S/C17H22FN3O2S/c1-12-16(23)21(11-15(22)20-9-7-19(2)8-10-20)17(24-12)13-5-3-4-6-14(13)18/h3-6,12,17H,7-11H2,1-2H3/p+1/t12-,17-/m0/s1. The van der Waals surface area contributed by atoms with Crippen LogP contribution in [0.1, 0.15) is 17.9 Å². The molecule has 0 bridgehead atoms. The SMILES string of the molecule is C[C@@H]1S[C@@H](c2ccccc2F)N(CC(=O)N2CC[NH+](C)CC2)C1=O. The summed E-state index contributed by atoms with van der Waals surface area (Å²) in [5.74, 6) is -0.481. The number of thioether (sulfide) groups is 1. The van der Waals surface area contributed by atoms with Gasteiger partial charge in [-0.25, -0.2) is 4.39 Å². The first-order chi connectivity index (χ1) is 11.5. The third-order valence-electron chi connectivity index (χ3n) is 4.69. The number of rotatable bonds is 3. The summed E-state index contributed by atoms with van der Waals surface area (Å²) < 4.78 is 14.2. The summed E-state index contributed by atoms with van der Waals surface area (Å²) >= 11 is 1.40. The van der Waals surface area contributed by atoms with Crippen LogP contribution in [0.4, 0.5) is 4.39 Å². The van der Waals surface area contributed by atoms with Crippen LogP contribution in [0.3, 0.4) is 0 Å². The van der Waals surface area contributed by atoms with E-state index in [-0.39, 0.29) is 29.4 Å². The highest BCUT2D eigenvalue weighted by Gasteiger charge is 2.41. The summed E-state index contributed by atoms with van der Waals surface area (Å²) in [5, 5.41) is -0.699. The van der Waals surface area contributed by atoms with Crippen LogP contribution < -0.4 is 4.90 Å².